The number of hydrogen-bond donors (Lipinski definition) is 2. The third-order valence-electron chi connectivity index (χ3n) is 7.21. The van der Waals surface area contributed by atoms with Crippen LogP contribution in [0.15, 0.2) is 67.1 Å². The van der Waals surface area contributed by atoms with Crippen molar-refractivity contribution in [1.82, 2.24) is 29.7 Å². The van der Waals surface area contributed by atoms with E-state index in [1.165, 1.54) is 0 Å². The fraction of sp³-hybridized carbons (Fsp3) is 0.250. The highest BCUT2D eigenvalue weighted by atomic mass is 16.1. The number of nitrogens with zero attached hydrogens (tertiary/aromatic N) is 5. The molecule has 1 amide bonds. The van der Waals surface area contributed by atoms with E-state index in [9.17, 15) is 4.79 Å². The summed E-state index contributed by atoms with van der Waals surface area (Å²) >= 11 is 0. The monoisotopic (exact) mass is 477 g/mol. The maximum atomic E-state index is 12.1. The van der Waals surface area contributed by atoms with Gasteiger partial charge < -0.3 is 11.1 Å². The highest BCUT2D eigenvalue weighted by Gasteiger charge is 2.30. The van der Waals surface area contributed by atoms with Crippen LogP contribution in [0.3, 0.4) is 0 Å². The van der Waals surface area contributed by atoms with Gasteiger partial charge in [0.05, 0.1) is 28.6 Å². The second-order valence-corrected chi connectivity index (χ2v) is 9.34. The molecule has 5 aromatic rings. The van der Waals surface area contributed by atoms with Gasteiger partial charge in [0.1, 0.15) is 17.2 Å². The molecular formula is C28H27N7O. The molecule has 3 N–H and O–H groups in total. The number of carbonyl (C=O) groups excluding carboxylic acids is 1. The third kappa shape index (κ3) is 3.84. The first kappa shape index (κ1) is 22.2. The first-order valence-electron chi connectivity index (χ1n) is 12.3. The Morgan fingerprint density at radius 3 is 2.56 bits per heavy atom. The molecule has 0 spiro atoms. The largest absolute Gasteiger partial charge is 0.382 e. The molecule has 0 unspecified atom stereocenters. The van der Waals surface area contributed by atoms with Crippen LogP contribution in [0, 0.1) is 5.92 Å². The van der Waals surface area contributed by atoms with E-state index in [1.807, 2.05) is 65.3 Å². The van der Waals surface area contributed by atoms with E-state index in [4.69, 9.17) is 15.7 Å². The maximum absolute atomic E-state index is 12.1. The van der Waals surface area contributed by atoms with Gasteiger partial charge in [0, 0.05) is 42.4 Å². The number of anilines is 1. The number of nitrogens with two attached hydrogens (primary N) is 1. The van der Waals surface area contributed by atoms with E-state index in [1.54, 1.807) is 13.2 Å². The summed E-state index contributed by atoms with van der Waals surface area (Å²) < 4.78 is 2.03. The van der Waals surface area contributed by atoms with Crippen LogP contribution in [0.25, 0.3) is 39.2 Å². The summed E-state index contributed by atoms with van der Waals surface area (Å²) in [6, 6.07) is 16.1. The molecule has 3 aromatic heterocycles. The highest BCUT2D eigenvalue weighted by molar-refractivity contribution is 5.83. The Hall–Kier alpha value is -4.33. The fourth-order valence-corrected chi connectivity index (χ4v) is 5.31. The van der Waals surface area contributed by atoms with Crippen molar-refractivity contribution in [3.8, 4) is 22.6 Å². The van der Waals surface area contributed by atoms with E-state index in [-0.39, 0.29) is 17.7 Å². The van der Waals surface area contributed by atoms with Gasteiger partial charge in [0.2, 0.25) is 5.91 Å². The second-order valence-electron chi connectivity index (χ2n) is 9.34. The lowest BCUT2D eigenvalue weighted by Gasteiger charge is -2.26. The first-order chi connectivity index (χ1) is 17.6. The van der Waals surface area contributed by atoms with Gasteiger partial charge in [0.25, 0.3) is 0 Å². The zero-order valence-electron chi connectivity index (χ0n) is 20.1. The van der Waals surface area contributed by atoms with Crippen molar-refractivity contribution in [1.29, 1.82) is 0 Å². The fourth-order valence-electron chi connectivity index (χ4n) is 5.31. The summed E-state index contributed by atoms with van der Waals surface area (Å²) in [6.45, 7) is 0. The average Bonchev–Trinajstić information content (AvgIpc) is 3.33. The van der Waals surface area contributed by atoms with Crippen molar-refractivity contribution in [2.24, 2.45) is 5.92 Å². The molecule has 8 heteroatoms. The van der Waals surface area contributed by atoms with E-state index in [2.05, 4.69) is 15.3 Å². The number of benzene rings is 2. The molecule has 1 aliphatic rings. The predicted octanol–water partition coefficient (Wildman–Crippen LogP) is 4.61. The molecular weight excluding hydrogens is 450 g/mol. The quantitative estimate of drug-likeness (QED) is 0.391. The summed E-state index contributed by atoms with van der Waals surface area (Å²) in [5.41, 5.74) is 12.6. The lowest BCUT2D eigenvalue weighted by Crippen LogP contribution is -2.30. The third-order valence-corrected chi connectivity index (χ3v) is 7.21. The van der Waals surface area contributed by atoms with Crippen molar-refractivity contribution in [2.45, 2.75) is 31.6 Å². The van der Waals surface area contributed by atoms with E-state index >= 15 is 0 Å². The van der Waals surface area contributed by atoms with Gasteiger partial charge in [-0.05, 0) is 43.9 Å². The van der Waals surface area contributed by atoms with Gasteiger partial charge in [-0.25, -0.2) is 15.0 Å². The topological polar surface area (TPSA) is 111 Å². The molecule has 0 radical (unpaired) electrons. The molecule has 3 heterocycles. The number of carbonyl (C=O) groups is 1. The van der Waals surface area contributed by atoms with E-state index < -0.39 is 0 Å². The van der Waals surface area contributed by atoms with Crippen molar-refractivity contribution in [3.05, 3.63) is 72.8 Å². The molecule has 1 saturated carbocycles. The molecule has 0 atom stereocenters. The van der Waals surface area contributed by atoms with Crippen LogP contribution >= 0.6 is 0 Å². The number of amides is 1. The van der Waals surface area contributed by atoms with Crippen molar-refractivity contribution >= 4 is 28.3 Å². The molecule has 0 aliphatic heterocycles. The van der Waals surface area contributed by atoms with E-state index in [0.717, 1.165) is 70.6 Å². The summed E-state index contributed by atoms with van der Waals surface area (Å²) in [6.07, 6.45) is 8.88. The molecule has 1 fully saturated rings. The van der Waals surface area contributed by atoms with Crippen LogP contribution in [0.5, 0.6) is 0 Å². The molecule has 0 bridgehead atoms. The van der Waals surface area contributed by atoms with Crippen LogP contribution < -0.4 is 11.1 Å². The summed E-state index contributed by atoms with van der Waals surface area (Å²) in [5.74, 6) is 1.68. The van der Waals surface area contributed by atoms with Gasteiger partial charge in [-0.15, -0.1) is 0 Å². The van der Waals surface area contributed by atoms with Crippen molar-refractivity contribution in [3.63, 3.8) is 0 Å². The Morgan fingerprint density at radius 2 is 1.78 bits per heavy atom. The number of nitrogens with one attached hydrogen (secondary N) is 1. The molecule has 6 rings (SSSR count). The number of aromatic nitrogens is 5. The molecule has 0 saturated heterocycles. The Bertz CT molecular complexity index is 1570. The molecule has 2 aromatic carbocycles. The number of nitrogen functional groups attached to an aromatic ring is 1. The Kier molecular flexibility index (Phi) is 5.56. The highest BCUT2D eigenvalue weighted by Crippen LogP contribution is 2.39. The zero-order valence-corrected chi connectivity index (χ0v) is 20.1. The molecule has 1 aliphatic carbocycles. The SMILES string of the molecule is CNC(=O)C1CCC(c2nc(-c3ccc4ncc(-c5ccccc5)nc4c3)n3ccnc(N)c23)CC1. The summed E-state index contributed by atoms with van der Waals surface area (Å²) in [4.78, 5) is 31.1. The smallest absolute Gasteiger partial charge is 0.222 e. The van der Waals surface area contributed by atoms with Crippen LogP contribution in [0.2, 0.25) is 0 Å². The van der Waals surface area contributed by atoms with Gasteiger partial charge in [-0.2, -0.15) is 0 Å². The van der Waals surface area contributed by atoms with Gasteiger partial charge >= 0.3 is 0 Å². The number of hydrogen-bond acceptors (Lipinski definition) is 6. The van der Waals surface area contributed by atoms with Gasteiger partial charge in [-0.3, -0.25) is 14.2 Å². The van der Waals surface area contributed by atoms with Gasteiger partial charge in [0.15, 0.2) is 0 Å². The van der Waals surface area contributed by atoms with Crippen LogP contribution in [0.4, 0.5) is 5.82 Å². The van der Waals surface area contributed by atoms with Crippen LogP contribution in [-0.2, 0) is 4.79 Å². The average molecular weight is 478 g/mol. The normalized spacial score (nSPS) is 17.9. The number of rotatable bonds is 4. The first-order valence-corrected chi connectivity index (χ1v) is 12.3. The lowest BCUT2D eigenvalue weighted by molar-refractivity contribution is -0.125. The minimum absolute atomic E-state index is 0.0629. The van der Waals surface area contributed by atoms with Crippen molar-refractivity contribution < 1.29 is 4.79 Å². The Morgan fingerprint density at radius 1 is 0.972 bits per heavy atom. The summed E-state index contributed by atoms with van der Waals surface area (Å²) in [7, 11) is 1.70. The lowest BCUT2D eigenvalue weighted by atomic mass is 9.80. The minimum Gasteiger partial charge on any atom is -0.382 e. The van der Waals surface area contributed by atoms with Crippen LogP contribution in [-0.4, -0.2) is 37.3 Å². The van der Waals surface area contributed by atoms with E-state index in [0.29, 0.717) is 5.82 Å². The van der Waals surface area contributed by atoms with Gasteiger partial charge in [-0.1, -0.05) is 30.3 Å². The zero-order chi connectivity index (χ0) is 24.6. The predicted molar refractivity (Wildman–Crippen MR) is 140 cm³/mol. The summed E-state index contributed by atoms with van der Waals surface area (Å²) in [5, 5.41) is 2.78. The number of imidazole rings is 1. The molecule has 8 nitrogen and oxygen atoms in total. The maximum Gasteiger partial charge on any atom is 0.222 e. The standard InChI is InChI=1S/C28H27N7O/c1-30-28(36)19-9-7-18(8-10-19)24-25-26(29)31-13-14-35(25)27(34-24)20-11-12-21-22(15-20)33-23(16-32-21)17-5-3-2-4-6-17/h2-6,11-16,18-19H,7-10H2,1H3,(H2,29,31)(H,30,36). The molecule has 180 valence electrons. The second kappa shape index (κ2) is 9.03. The van der Waals surface area contributed by atoms with Crippen molar-refractivity contribution in [2.75, 3.05) is 12.8 Å². The number of fused-ring (bicyclic) bond motifs is 2. The Labute approximate surface area is 208 Å². The molecule has 36 heavy (non-hydrogen) atoms. The Balaban J connectivity index is 1.42. The van der Waals surface area contributed by atoms with Crippen LogP contribution in [0.1, 0.15) is 37.3 Å². The minimum atomic E-state index is 0.0629.